The second-order valence-corrected chi connectivity index (χ2v) is 6.06. The molecule has 0 radical (unpaired) electrons. The molecule has 1 atom stereocenters. The number of nitrogens with zero attached hydrogens (tertiary/aromatic N) is 1. The van der Waals surface area contributed by atoms with Gasteiger partial charge in [-0.3, -0.25) is 4.79 Å². The molecule has 0 spiro atoms. The Balaban J connectivity index is 2.28. The molecule has 0 aliphatic carbocycles. The first kappa shape index (κ1) is 13.6. The van der Waals surface area contributed by atoms with E-state index in [1.54, 1.807) is 0 Å². The Bertz CT molecular complexity index is 471. The van der Waals surface area contributed by atoms with Crippen LogP contribution in [-0.4, -0.2) is 18.0 Å². The topological polar surface area (TPSA) is 46.3 Å². The van der Waals surface area contributed by atoms with Crippen LogP contribution in [0.15, 0.2) is 22.7 Å². The number of carbonyl (C=O) groups excluding carboxylic acids is 1. The average Bonchev–Trinajstić information content (AvgIpc) is 2.70. The zero-order valence-electron chi connectivity index (χ0n) is 10.9. The summed E-state index contributed by atoms with van der Waals surface area (Å²) in [7, 11) is 0. The minimum Gasteiger partial charge on any atom is -0.318 e. The number of amides is 1. The summed E-state index contributed by atoms with van der Waals surface area (Å²) in [6.07, 6.45) is 2.54. The van der Waals surface area contributed by atoms with Gasteiger partial charge in [0.05, 0.1) is 5.54 Å². The van der Waals surface area contributed by atoms with Gasteiger partial charge in [-0.25, -0.2) is 0 Å². The molecule has 0 bridgehead atoms. The number of carbonyl (C=O) groups is 1. The van der Waals surface area contributed by atoms with E-state index in [-0.39, 0.29) is 5.91 Å². The molecule has 0 saturated carbocycles. The van der Waals surface area contributed by atoms with Crippen LogP contribution in [-0.2, 0) is 11.2 Å². The fourth-order valence-corrected chi connectivity index (χ4v) is 2.85. The molecular weight excluding hydrogens is 292 g/mol. The van der Waals surface area contributed by atoms with Gasteiger partial charge in [-0.1, -0.05) is 35.3 Å². The molecule has 1 aliphatic heterocycles. The Hall–Kier alpha value is -0.870. The van der Waals surface area contributed by atoms with Crippen molar-refractivity contribution in [3.05, 3.63) is 28.2 Å². The summed E-state index contributed by atoms with van der Waals surface area (Å²) >= 11 is 3.45. The second-order valence-electron chi connectivity index (χ2n) is 5.15. The van der Waals surface area contributed by atoms with Gasteiger partial charge in [-0.15, -0.1) is 0 Å². The standard InChI is InChI=1S/C14H19BrN2O/c1-3-7-14(2,16)13(18)17-8-6-10-4-5-11(15)9-12(10)17/h4-5,9H,3,6-8,16H2,1-2H3. The normalized spacial score (nSPS) is 17.4. The lowest BCUT2D eigenvalue weighted by Gasteiger charge is -2.29. The van der Waals surface area contributed by atoms with Crippen LogP contribution in [0.4, 0.5) is 5.69 Å². The highest BCUT2D eigenvalue weighted by Crippen LogP contribution is 2.32. The molecule has 1 unspecified atom stereocenters. The molecule has 2 rings (SSSR count). The first-order chi connectivity index (χ1) is 8.45. The maximum absolute atomic E-state index is 12.5. The van der Waals surface area contributed by atoms with E-state index in [9.17, 15) is 4.79 Å². The molecule has 1 amide bonds. The quantitative estimate of drug-likeness (QED) is 0.933. The number of anilines is 1. The Morgan fingerprint density at radius 1 is 1.56 bits per heavy atom. The van der Waals surface area contributed by atoms with Gasteiger partial charge < -0.3 is 10.6 Å². The SMILES string of the molecule is CCCC(C)(N)C(=O)N1CCc2ccc(Br)cc21. The van der Waals surface area contributed by atoms with Crippen molar-refractivity contribution in [2.45, 2.75) is 38.6 Å². The van der Waals surface area contributed by atoms with Crippen LogP contribution >= 0.6 is 15.9 Å². The monoisotopic (exact) mass is 310 g/mol. The van der Waals surface area contributed by atoms with Crippen LogP contribution in [0.2, 0.25) is 0 Å². The largest absolute Gasteiger partial charge is 0.318 e. The van der Waals surface area contributed by atoms with Crippen LogP contribution in [0.1, 0.15) is 32.3 Å². The van der Waals surface area contributed by atoms with Crippen molar-refractivity contribution in [3.63, 3.8) is 0 Å². The van der Waals surface area contributed by atoms with E-state index < -0.39 is 5.54 Å². The van der Waals surface area contributed by atoms with Crippen LogP contribution < -0.4 is 10.6 Å². The first-order valence-electron chi connectivity index (χ1n) is 6.35. The van der Waals surface area contributed by atoms with E-state index in [0.717, 1.165) is 29.5 Å². The number of fused-ring (bicyclic) bond motifs is 1. The molecule has 0 saturated heterocycles. The molecule has 0 fully saturated rings. The third-order valence-corrected chi connectivity index (χ3v) is 3.94. The number of benzene rings is 1. The van der Waals surface area contributed by atoms with Crippen molar-refractivity contribution in [2.24, 2.45) is 5.73 Å². The maximum atomic E-state index is 12.5. The fourth-order valence-electron chi connectivity index (χ4n) is 2.50. The third kappa shape index (κ3) is 2.45. The van der Waals surface area contributed by atoms with Gasteiger partial charge in [0.25, 0.3) is 0 Å². The van der Waals surface area contributed by atoms with Gasteiger partial charge in [-0.05, 0) is 37.5 Å². The van der Waals surface area contributed by atoms with E-state index in [1.165, 1.54) is 5.56 Å². The highest BCUT2D eigenvalue weighted by molar-refractivity contribution is 9.10. The molecule has 1 aromatic carbocycles. The molecule has 4 heteroatoms. The maximum Gasteiger partial charge on any atom is 0.246 e. The fraction of sp³-hybridized carbons (Fsp3) is 0.500. The van der Waals surface area contributed by atoms with Gasteiger partial charge in [-0.2, -0.15) is 0 Å². The van der Waals surface area contributed by atoms with Gasteiger partial charge in [0.2, 0.25) is 5.91 Å². The van der Waals surface area contributed by atoms with Gasteiger partial charge in [0, 0.05) is 16.7 Å². The smallest absolute Gasteiger partial charge is 0.246 e. The molecule has 18 heavy (non-hydrogen) atoms. The molecule has 1 heterocycles. The highest BCUT2D eigenvalue weighted by atomic mass is 79.9. The molecule has 1 aliphatic rings. The van der Waals surface area contributed by atoms with Crippen molar-refractivity contribution in [1.82, 2.24) is 0 Å². The number of halogens is 1. The second kappa shape index (κ2) is 5.02. The lowest BCUT2D eigenvalue weighted by atomic mass is 9.95. The van der Waals surface area contributed by atoms with Gasteiger partial charge in [0.1, 0.15) is 0 Å². The minimum absolute atomic E-state index is 0.0289. The molecule has 3 nitrogen and oxygen atoms in total. The van der Waals surface area contributed by atoms with E-state index in [0.29, 0.717) is 6.42 Å². The Labute approximate surface area is 116 Å². The summed E-state index contributed by atoms with van der Waals surface area (Å²) in [6.45, 7) is 4.61. The van der Waals surface area contributed by atoms with E-state index >= 15 is 0 Å². The van der Waals surface area contributed by atoms with Crippen molar-refractivity contribution < 1.29 is 4.79 Å². The van der Waals surface area contributed by atoms with Crippen molar-refractivity contribution in [1.29, 1.82) is 0 Å². The predicted octanol–water partition coefficient (Wildman–Crippen LogP) is 2.86. The molecule has 0 aromatic heterocycles. The summed E-state index contributed by atoms with van der Waals surface area (Å²) < 4.78 is 0.996. The van der Waals surface area contributed by atoms with Crippen LogP contribution in [0.3, 0.4) is 0 Å². The van der Waals surface area contributed by atoms with Crippen molar-refractivity contribution >= 4 is 27.5 Å². The number of rotatable bonds is 3. The Kier molecular flexibility index (Phi) is 3.78. The number of hydrogen-bond donors (Lipinski definition) is 1. The summed E-state index contributed by atoms with van der Waals surface area (Å²) in [5, 5.41) is 0. The van der Waals surface area contributed by atoms with Crippen LogP contribution in [0.25, 0.3) is 0 Å². The average molecular weight is 311 g/mol. The predicted molar refractivity (Wildman–Crippen MR) is 77.7 cm³/mol. The third-order valence-electron chi connectivity index (χ3n) is 3.45. The van der Waals surface area contributed by atoms with Crippen LogP contribution in [0.5, 0.6) is 0 Å². The number of nitrogens with two attached hydrogens (primary N) is 1. The Morgan fingerprint density at radius 2 is 2.28 bits per heavy atom. The van der Waals surface area contributed by atoms with Crippen molar-refractivity contribution in [2.75, 3.05) is 11.4 Å². The lowest BCUT2D eigenvalue weighted by molar-refractivity contribution is -0.123. The zero-order valence-corrected chi connectivity index (χ0v) is 12.5. The molecule has 1 aromatic rings. The first-order valence-corrected chi connectivity index (χ1v) is 7.14. The van der Waals surface area contributed by atoms with E-state index in [1.807, 2.05) is 30.9 Å². The van der Waals surface area contributed by atoms with Crippen molar-refractivity contribution in [3.8, 4) is 0 Å². The summed E-state index contributed by atoms with van der Waals surface area (Å²) in [6, 6.07) is 6.09. The summed E-state index contributed by atoms with van der Waals surface area (Å²) in [5.74, 6) is 0.0289. The minimum atomic E-state index is -0.765. The van der Waals surface area contributed by atoms with E-state index in [4.69, 9.17) is 5.73 Å². The zero-order chi connectivity index (χ0) is 13.3. The summed E-state index contributed by atoms with van der Waals surface area (Å²) in [5.41, 5.74) is 7.60. The van der Waals surface area contributed by atoms with E-state index in [2.05, 4.69) is 22.0 Å². The molecule has 98 valence electrons. The lowest BCUT2D eigenvalue weighted by Crippen LogP contribution is -2.53. The Morgan fingerprint density at radius 3 is 2.94 bits per heavy atom. The molecular formula is C14H19BrN2O. The van der Waals surface area contributed by atoms with Gasteiger partial charge >= 0.3 is 0 Å². The highest BCUT2D eigenvalue weighted by Gasteiger charge is 2.35. The van der Waals surface area contributed by atoms with Gasteiger partial charge in [0.15, 0.2) is 0 Å². The number of hydrogen-bond acceptors (Lipinski definition) is 2. The molecule has 2 N–H and O–H groups in total. The van der Waals surface area contributed by atoms with Crippen LogP contribution in [0, 0.1) is 0 Å². The summed E-state index contributed by atoms with van der Waals surface area (Å²) in [4.78, 5) is 14.3.